The number of rotatable bonds is 10. The van der Waals surface area contributed by atoms with Gasteiger partial charge in [0.1, 0.15) is 0 Å². The van der Waals surface area contributed by atoms with Gasteiger partial charge in [0.2, 0.25) is 0 Å². The normalized spacial score (nSPS) is 23.2. The molecule has 0 spiro atoms. The zero-order valence-electron chi connectivity index (χ0n) is 20.7. The average molecular weight is 494 g/mol. The first-order valence-corrected chi connectivity index (χ1v) is 13.6. The van der Waals surface area contributed by atoms with Crippen molar-refractivity contribution in [3.63, 3.8) is 0 Å². The summed E-state index contributed by atoms with van der Waals surface area (Å²) in [6.45, 7) is 3.25. The number of piperidine rings is 1. The number of nitrogens with two attached hydrogens (primary N) is 1. The van der Waals surface area contributed by atoms with Gasteiger partial charge >= 0.3 is 6.03 Å². The van der Waals surface area contributed by atoms with Crippen molar-refractivity contribution in [1.29, 1.82) is 0 Å². The predicted octanol–water partition coefficient (Wildman–Crippen LogP) is 4.80. The third-order valence-electron chi connectivity index (χ3n) is 7.93. The van der Waals surface area contributed by atoms with Crippen LogP contribution in [0, 0.1) is 11.8 Å². The van der Waals surface area contributed by atoms with Crippen LogP contribution in [0.3, 0.4) is 0 Å². The molecule has 7 heteroatoms. The molecule has 3 rings (SSSR count). The minimum absolute atomic E-state index is 0.0349. The third-order valence-corrected chi connectivity index (χ3v) is 8.17. The minimum Gasteiger partial charge on any atom is -0.396 e. The van der Waals surface area contributed by atoms with Crippen molar-refractivity contribution in [3.05, 3.63) is 34.9 Å². The van der Waals surface area contributed by atoms with Gasteiger partial charge in [-0.05, 0) is 69.1 Å². The van der Waals surface area contributed by atoms with E-state index < -0.39 is 5.60 Å². The number of carbonyl (C=O) groups is 1. The second kappa shape index (κ2) is 13.1. The first-order valence-electron chi connectivity index (χ1n) is 13.2. The van der Waals surface area contributed by atoms with Crippen molar-refractivity contribution in [1.82, 2.24) is 10.2 Å². The molecule has 2 amide bonds. The third kappa shape index (κ3) is 7.33. The Balaban J connectivity index is 1.69. The molecule has 1 aliphatic heterocycles. The van der Waals surface area contributed by atoms with Crippen LogP contribution >= 0.6 is 11.6 Å². The fourth-order valence-corrected chi connectivity index (χ4v) is 6.03. The Morgan fingerprint density at radius 1 is 1.24 bits per heavy atom. The maximum Gasteiger partial charge on any atom is 0.317 e. The van der Waals surface area contributed by atoms with Gasteiger partial charge in [0.15, 0.2) is 0 Å². The van der Waals surface area contributed by atoms with Crippen molar-refractivity contribution in [2.45, 2.75) is 95.2 Å². The molecule has 34 heavy (non-hydrogen) atoms. The lowest BCUT2D eigenvalue weighted by Gasteiger charge is -2.43. The van der Waals surface area contributed by atoms with E-state index in [1.54, 1.807) is 6.07 Å². The van der Waals surface area contributed by atoms with Gasteiger partial charge in [-0.25, -0.2) is 4.79 Å². The number of hydrogen-bond acceptors (Lipinski definition) is 4. The van der Waals surface area contributed by atoms with Crippen LogP contribution in [-0.4, -0.2) is 52.9 Å². The summed E-state index contributed by atoms with van der Waals surface area (Å²) in [4.78, 5) is 15.2. The highest BCUT2D eigenvalue weighted by Crippen LogP contribution is 2.40. The van der Waals surface area contributed by atoms with Gasteiger partial charge in [0.05, 0.1) is 5.60 Å². The van der Waals surface area contributed by atoms with E-state index in [0.717, 1.165) is 24.8 Å². The molecule has 1 aromatic carbocycles. The van der Waals surface area contributed by atoms with Crippen LogP contribution in [0.2, 0.25) is 5.02 Å². The van der Waals surface area contributed by atoms with Crippen LogP contribution in [0.15, 0.2) is 24.3 Å². The lowest BCUT2D eigenvalue weighted by Crippen LogP contribution is -2.55. The highest BCUT2D eigenvalue weighted by atomic mass is 35.5. The number of hydrogen-bond donors (Lipinski definition) is 4. The molecule has 1 saturated carbocycles. The highest BCUT2D eigenvalue weighted by Gasteiger charge is 2.41. The van der Waals surface area contributed by atoms with Crippen LogP contribution in [0.1, 0.15) is 83.1 Å². The van der Waals surface area contributed by atoms with Crippen molar-refractivity contribution in [2.24, 2.45) is 17.6 Å². The van der Waals surface area contributed by atoms with E-state index in [2.05, 4.69) is 5.32 Å². The van der Waals surface area contributed by atoms with Crippen molar-refractivity contribution < 1.29 is 15.0 Å². The number of unbranched alkanes of at least 4 members (excludes halogenated alkanes) is 1. The van der Waals surface area contributed by atoms with E-state index in [-0.39, 0.29) is 30.6 Å². The molecule has 1 aliphatic carbocycles. The molecule has 5 N–H and O–H groups in total. The maximum absolute atomic E-state index is 13.3. The summed E-state index contributed by atoms with van der Waals surface area (Å²) in [5.41, 5.74) is 5.97. The summed E-state index contributed by atoms with van der Waals surface area (Å²) < 4.78 is 0. The van der Waals surface area contributed by atoms with E-state index in [1.165, 1.54) is 32.1 Å². The molecular weight excluding hydrogens is 450 g/mol. The predicted molar refractivity (Wildman–Crippen MR) is 138 cm³/mol. The number of halogens is 1. The smallest absolute Gasteiger partial charge is 0.317 e. The molecule has 0 unspecified atom stereocenters. The number of nitrogens with one attached hydrogen (secondary N) is 1. The highest BCUT2D eigenvalue weighted by molar-refractivity contribution is 6.30. The van der Waals surface area contributed by atoms with Crippen LogP contribution in [0.25, 0.3) is 0 Å². The topological polar surface area (TPSA) is 98.8 Å². The van der Waals surface area contributed by atoms with E-state index >= 15 is 0 Å². The van der Waals surface area contributed by atoms with Gasteiger partial charge in [-0.15, -0.1) is 0 Å². The molecule has 2 fully saturated rings. The largest absolute Gasteiger partial charge is 0.396 e. The number of amides is 2. The summed E-state index contributed by atoms with van der Waals surface area (Å²) in [5.74, 6) is 0.537. The van der Waals surface area contributed by atoms with E-state index in [4.69, 9.17) is 17.3 Å². The number of carbonyl (C=O) groups excluding carboxylic acids is 1. The summed E-state index contributed by atoms with van der Waals surface area (Å²) in [6.07, 6.45) is 10.8. The number of aliphatic hydroxyl groups excluding tert-OH is 1. The number of urea groups is 1. The lowest BCUT2D eigenvalue weighted by molar-refractivity contribution is -0.0562. The summed E-state index contributed by atoms with van der Waals surface area (Å²) >= 11 is 6.26. The molecule has 1 saturated heterocycles. The first-order chi connectivity index (χ1) is 16.3. The SMILES string of the molecule is C[C@@H](N)[C@H](CC1CCCCC1)NC(=O)N1CCC[C@@H]([C@@](O)(CCCCO)c2cccc(Cl)c2)C1. The van der Waals surface area contributed by atoms with Gasteiger partial charge in [-0.3, -0.25) is 0 Å². The van der Waals surface area contributed by atoms with Gasteiger partial charge in [-0.1, -0.05) is 55.8 Å². The van der Waals surface area contributed by atoms with Crippen LogP contribution in [0.5, 0.6) is 0 Å². The Morgan fingerprint density at radius 3 is 2.68 bits per heavy atom. The zero-order chi connectivity index (χ0) is 24.6. The molecule has 192 valence electrons. The molecule has 0 bridgehead atoms. The van der Waals surface area contributed by atoms with E-state index in [9.17, 15) is 15.0 Å². The van der Waals surface area contributed by atoms with Gasteiger partial charge in [0.25, 0.3) is 0 Å². The van der Waals surface area contributed by atoms with Gasteiger partial charge in [0, 0.05) is 42.7 Å². The molecule has 0 radical (unpaired) electrons. The first kappa shape index (κ1) is 27.3. The van der Waals surface area contributed by atoms with Crippen molar-refractivity contribution in [2.75, 3.05) is 19.7 Å². The Kier molecular flexibility index (Phi) is 10.5. The average Bonchev–Trinajstić information content (AvgIpc) is 2.84. The second-order valence-electron chi connectivity index (χ2n) is 10.6. The van der Waals surface area contributed by atoms with Crippen molar-refractivity contribution >= 4 is 17.6 Å². The maximum atomic E-state index is 13.3. The summed E-state index contributed by atoms with van der Waals surface area (Å²) in [5, 5.41) is 25.0. The molecular formula is C27H44ClN3O3. The number of aliphatic hydroxyl groups is 2. The van der Waals surface area contributed by atoms with Gasteiger partial charge in [-0.2, -0.15) is 0 Å². The Labute approximate surface area is 210 Å². The molecule has 0 aromatic heterocycles. The monoisotopic (exact) mass is 493 g/mol. The quantitative estimate of drug-likeness (QED) is 0.352. The summed E-state index contributed by atoms with van der Waals surface area (Å²) in [7, 11) is 0. The Hall–Kier alpha value is -1.34. The number of nitrogens with zero attached hydrogens (tertiary/aromatic N) is 1. The van der Waals surface area contributed by atoms with Crippen LogP contribution in [0.4, 0.5) is 4.79 Å². The standard InChI is InChI=1S/C27H44ClN3O3/c1-20(29)25(17-21-9-3-2-4-10-21)30-26(33)31-15-8-12-23(19-31)27(34,14-5-6-16-32)22-11-7-13-24(28)18-22/h7,11,13,18,20-21,23,25,32,34H,2-6,8-10,12,14-17,19,29H2,1H3,(H,30,33)/t20-,23-,25+,27-/m1/s1. The van der Waals surface area contributed by atoms with Crippen LogP contribution < -0.4 is 11.1 Å². The molecule has 4 atom stereocenters. The van der Waals surface area contributed by atoms with Gasteiger partial charge < -0.3 is 26.2 Å². The molecule has 1 aromatic rings. The molecule has 1 heterocycles. The van der Waals surface area contributed by atoms with E-state index in [0.29, 0.717) is 43.3 Å². The number of likely N-dealkylation sites (tertiary alicyclic amines) is 1. The molecule has 2 aliphatic rings. The Bertz CT molecular complexity index is 771. The minimum atomic E-state index is -1.10. The zero-order valence-corrected chi connectivity index (χ0v) is 21.5. The second-order valence-corrected chi connectivity index (χ2v) is 11.0. The fraction of sp³-hybridized carbons (Fsp3) is 0.741. The molecule has 6 nitrogen and oxygen atoms in total. The summed E-state index contributed by atoms with van der Waals surface area (Å²) in [6, 6.07) is 7.20. The Morgan fingerprint density at radius 2 is 2.00 bits per heavy atom. The fourth-order valence-electron chi connectivity index (χ4n) is 5.84. The van der Waals surface area contributed by atoms with Crippen LogP contribution in [-0.2, 0) is 5.60 Å². The number of benzene rings is 1. The van der Waals surface area contributed by atoms with E-state index in [1.807, 2.05) is 30.0 Å². The van der Waals surface area contributed by atoms with Crippen molar-refractivity contribution in [3.8, 4) is 0 Å². The lowest BCUT2D eigenvalue weighted by atomic mass is 9.74.